The van der Waals surface area contributed by atoms with Crippen LogP contribution in [0.25, 0.3) is 0 Å². The van der Waals surface area contributed by atoms with E-state index in [0.29, 0.717) is 12.4 Å². The summed E-state index contributed by atoms with van der Waals surface area (Å²) in [6.45, 7) is 0. The Labute approximate surface area is 152 Å². The SMILES string of the molecule is O=C(Nc1n[nH]c(CCC2CCCC2)n1)C1CC(c2cccnc2)NN1. The van der Waals surface area contributed by atoms with Crippen LogP contribution in [0.3, 0.4) is 0 Å². The largest absolute Gasteiger partial charge is 0.292 e. The van der Waals surface area contributed by atoms with Crippen LogP contribution in [0.2, 0.25) is 0 Å². The van der Waals surface area contributed by atoms with Gasteiger partial charge in [0.25, 0.3) is 0 Å². The van der Waals surface area contributed by atoms with Crippen molar-refractivity contribution in [2.24, 2.45) is 5.92 Å². The number of nitrogens with zero attached hydrogens (tertiary/aromatic N) is 3. The number of nitrogens with one attached hydrogen (secondary N) is 4. The number of hydrogen-bond donors (Lipinski definition) is 4. The minimum Gasteiger partial charge on any atom is -0.292 e. The molecule has 3 heterocycles. The smallest absolute Gasteiger partial charge is 0.248 e. The van der Waals surface area contributed by atoms with Gasteiger partial charge >= 0.3 is 0 Å². The van der Waals surface area contributed by atoms with Crippen LogP contribution in [0.4, 0.5) is 5.95 Å². The Morgan fingerprint density at radius 1 is 1.27 bits per heavy atom. The molecule has 2 atom stereocenters. The van der Waals surface area contributed by atoms with Gasteiger partial charge in [-0.2, -0.15) is 4.98 Å². The number of hydrogen-bond acceptors (Lipinski definition) is 6. The molecule has 2 unspecified atom stereocenters. The van der Waals surface area contributed by atoms with Crippen LogP contribution in [0.5, 0.6) is 0 Å². The first kappa shape index (κ1) is 17.1. The molecule has 2 aliphatic rings. The van der Waals surface area contributed by atoms with Crippen LogP contribution in [-0.4, -0.2) is 32.1 Å². The van der Waals surface area contributed by atoms with E-state index >= 15 is 0 Å². The molecule has 0 radical (unpaired) electrons. The Balaban J connectivity index is 1.27. The third-order valence-electron chi connectivity index (χ3n) is 5.34. The maximum Gasteiger partial charge on any atom is 0.248 e. The van der Waals surface area contributed by atoms with Gasteiger partial charge in [0.1, 0.15) is 11.9 Å². The lowest BCUT2D eigenvalue weighted by molar-refractivity contribution is -0.117. The number of hydrazine groups is 1. The number of pyridine rings is 1. The van der Waals surface area contributed by atoms with Crippen molar-refractivity contribution in [1.82, 2.24) is 31.0 Å². The minimum absolute atomic E-state index is 0.0635. The highest BCUT2D eigenvalue weighted by Gasteiger charge is 2.30. The number of carbonyl (C=O) groups excluding carboxylic acids is 1. The summed E-state index contributed by atoms with van der Waals surface area (Å²) in [5, 5.41) is 9.86. The van der Waals surface area contributed by atoms with Crippen LogP contribution in [0, 0.1) is 5.92 Å². The molecule has 2 fully saturated rings. The molecule has 0 bridgehead atoms. The second kappa shape index (κ2) is 7.92. The van der Waals surface area contributed by atoms with E-state index in [0.717, 1.165) is 30.1 Å². The molecule has 138 valence electrons. The average Bonchev–Trinajstić information content (AvgIpc) is 3.42. The van der Waals surface area contributed by atoms with Crippen molar-refractivity contribution in [2.75, 3.05) is 5.32 Å². The Kier molecular flexibility index (Phi) is 5.21. The van der Waals surface area contributed by atoms with Crippen LogP contribution in [0.1, 0.15) is 56.0 Å². The molecule has 4 rings (SSSR count). The fourth-order valence-electron chi connectivity index (χ4n) is 3.83. The van der Waals surface area contributed by atoms with E-state index in [4.69, 9.17) is 0 Å². The van der Waals surface area contributed by atoms with Crippen LogP contribution < -0.4 is 16.2 Å². The molecule has 1 saturated heterocycles. The normalized spacial score (nSPS) is 23.4. The van der Waals surface area contributed by atoms with E-state index < -0.39 is 0 Å². The number of carbonyl (C=O) groups is 1. The molecule has 2 aromatic rings. The van der Waals surface area contributed by atoms with Crippen molar-refractivity contribution >= 4 is 11.9 Å². The molecule has 1 amide bonds. The highest BCUT2D eigenvalue weighted by atomic mass is 16.2. The lowest BCUT2D eigenvalue weighted by Gasteiger charge is -2.08. The summed E-state index contributed by atoms with van der Waals surface area (Å²) in [5.74, 6) is 1.88. The predicted molar refractivity (Wildman–Crippen MR) is 96.9 cm³/mol. The van der Waals surface area contributed by atoms with Crippen molar-refractivity contribution in [3.8, 4) is 0 Å². The van der Waals surface area contributed by atoms with Gasteiger partial charge < -0.3 is 0 Å². The summed E-state index contributed by atoms with van der Waals surface area (Å²) in [7, 11) is 0. The second-order valence-electron chi connectivity index (χ2n) is 7.20. The van der Waals surface area contributed by atoms with Crippen LogP contribution in [0.15, 0.2) is 24.5 Å². The van der Waals surface area contributed by atoms with Crippen molar-refractivity contribution < 1.29 is 4.79 Å². The zero-order valence-electron chi connectivity index (χ0n) is 14.7. The van der Waals surface area contributed by atoms with Gasteiger partial charge in [0.15, 0.2) is 0 Å². The van der Waals surface area contributed by atoms with E-state index in [1.807, 2.05) is 18.3 Å². The number of amides is 1. The number of rotatable bonds is 6. The Morgan fingerprint density at radius 3 is 2.96 bits per heavy atom. The van der Waals surface area contributed by atoms with E-state index in [1.165, 1.54) is 25.7 Å². The Hall–Kier alpha value is -2.32. The minimum atomic E-state index is -0.333. The van der Waals surface area contributed by atoms with E-state index in [-0.39, 0.29) is 18.0 Å². The third kappa shape index (κ3) is 4.08. The van der Waals surface area contributed by atoms with Crippen molar-refractivity contribution in [1.29, 1.82) is 0 Å². The van der Waals surface area contributed by atoms with E-state index in [2.05, 4.69) is 36.3 Å². The molecule has 1 aliphatic carbocycles. The van der Waals surface area contributed by atoms with Crippen molar-refractivity contribution in [3.63, 3.8) is 0 Å². The maximum absolute atomic E-state index is 12.4. The van der Waals surface area contributed by atoms with Crippen LogP contribution in [-0.2, 0) is 11.2 Å². The lowest BCUT2D eigenvalue weighted by Crippen LogP contribution is -2.39. The molecule has 2 aromatic heterocycles. The monoisotopic (exact) mass is 355 g/mol. The second-order valence-corrected chi connectivity index (χ2v) is 7.20. The first-order valence-corrected chi connectivity index (χ1v) is 9.41. The van der Waals surface area contributed by atoms with Crippen molar-refractivity contribution in [2.45, 2.75) is 57.0 Å². The molecular weight excluding hydrogens is 330 g/mol. The summed E-state index contributed by atoms with van der Waals surface area (Å²) >= 11 is 0. The maximum atomic E-state index is 12.4. The average molecular weight is 355 g/mol. The topological polar surface area (TPSA) is 108 Å². The Morgan fingerprint density at radius 2 is 2.15 bits per heavy atom. The molecule has 1 aliphatic heterocycles. The first-order valence-electron chi connectivity index (χ1n) is 9.41. The van der Waals surface area contributed by atoms with Gasteiger partial charge in [0, 0.05) is 24.9 Å². The van der Waals surface area contributed by atoms with Gasteiger partial charge in [0.2, 0.25) is 11.9 Å². The standard InChI is InChI=1S/C18H25N7O/c26-17(15-10-14(22-23-15)13-6-3-9-19-11-13)21-18-20-16(24-25-18)8-7-12-4-1-2-5-12/h3,6,9,11-12,14-15,22-23H,1-2,4-5,7-8,10H2,(H2,20,21,24,25,26). The van der Waals surface area contributed by atoms with Gasteiger partial charge in [0.05, 0.1) is 0 Å². The molecule has 4 N–H and O–H groups in total. The summed E-state index contributed by atoms with van der Waals surface area (Å²) in [5.41, 5.74) is 7.24. The van der Waals surface area contributed by atoms with E-state index in [9.17, 15) is 4.79 Å². The molecular formula is C18H25N7O. The number of aryl methyl sites for hydroxylation is 1. The van der Waals surface area contributed by atoms with Gasteiger partial charge in [-0.05, 0) is 30.4 Å². The number of aromatic amines is 1. The summed E-state index contributed by atoms with van der Waals surface area (Å²) in [6.07, 6.45) is 11.6. The quantitative estimate of drug-likeness (QED) is 0.630. The molecule has 8 nitrogen and oxygen atoms in total. The molecule has 1 saturated carbocycles. The van der Waals surface area contributed by atoms with Crippen LogP contribution >= 0.6 is 0 Å². The summed E-state index contributed by atoms with van der Waals surface area (Å²) in [4.78, 5) is 21.0. The summed E-state index contributed by atoms with van der Waals surface area (Å²) in [6, 6.07) is 3.62. The van der Waals surface area contributed by atoms with E-state index in [1.54, 1.807) is 6.20 Å². The van der Waals surface area contributed by atoms with Crippen molar-refractivity contribution in [3.05, 3.63) is 35.9 Å². The highest BCUT2D eigenvalue weighted by Crippen LogP contribution is 2.28. The number of aromatic nitrogens is 4. The van der Waals surface area contributed by atoms with Gasteiger partial charge in [-0.3, -0.25) is 20.2 Å². The number of H-pyrrole nitrogens is 1. The zero-order valence-corrected chi connectivity index (χ0v) is 14.7. The molecule has 8 heteroatoms. The third-order valence-corrected chi connectivity index (χ3v) is 5.34. The first-order chi connectivity index (χ1) is 12.8. The fourth-order valence-corrected chi connectivity index (χ4v) is 3.83. The number of anilines is 1. The fraction of sp³-hybridized carbons (Fsp3) is 0.556. The predicted octanol–water partition coefficient (Wildman–Crippen LogP) is 1.87. The summed E-state index contributed by atoms with van der Waals surface area (Å²) < 4.78 is 0. The molecule has 0 aromatic carbocycles. The lowest BCUT2D eigenvalue weighted by atomic mass is 10.0. The van der Waals surface area contributed by atoms with Gasteiger partial charge in [-0.15, -0.1) is 5.10 Å². The molecule has 26 heavy (non-hydrogen) atoms. The Bertz CT molecular complexity index is 726. The zero-order chi connectivity index (χ0) is 17.8. The highest BCUT2D eigenvalue weighted by molar-refractivity contribution is 5.93. The van der Waals surface area contributed by atoms with Gasteiger partial charge in [-0.1, -0.05) is 31.7 Å². The molecule has 0 spiro atoms. The van der Waals surface area contributed by atoms with Gasteiger partial charge in [-0.25, -0.2) is 10.9 Å².